The second kappa shape index (κ2) is 20.0. The van der Waals surface area contributed by atoms with E-state index in [2.05, 4.69) is 13.8 Å². The fraction of sp³-hybridized carbons (Fsp3) is 0.750. The largest absolute Gasteiger partial charge is 0.490 e. The summed E-state index contributed by atoms with van der Waals surface area (Å²) in [4.78, 5) is 24.0. The zero-order valence-electron chi connectivity index (χ0n) is 23.8. The lowest BCUT2D eigenvalue weighted by Crippen LogP contribution is -2.05. The number of benzene rings is 1. The summed E-state index contributed by atoms with van der Waals surface area (Å²) in [5.74, 6) is -0.142. The quantitative estimate of drug-likeness (QED) is 0.0777. The van der Waals surface area contributed by atoms with Gasteiger partial charge >= 0.3 is 11.9 Å². The van der Waals surface area contributed by atoms with Crippen LogP contribution in [0.15, 0.2) is 12.1 Å². The first-order valence-corrected chi connectivity index (χ1v) is 15.4. The van der Waals surface area contributed by atoms with Crippen molar-refractivity contribution in [2.75, 3.05) is 13.2 Å². The Bertz CT molecular complexity index is 710. The Hall–Kier alpha value is -2.04. The fourth-order valence-corrected chi connectivity index (χ4v) is 4.86. The van der Waals surface area contributed by atoms with Crippen LogP contribution in [0.4, 0.5) is 0 Å². The van der Waals surface area contributed by atoms with Crippen LogP contribution in [-0.4, -0.2) is 25.2 Å². The molecule has 0 saturated heterocycles. The Balaban J connectivity index is 1.68. The normalized spacial score (nSPS) is 12.6. The average molecular weight is 517 g/mol. The van der Waals surface area contributed by atoms with E-state index in [1.165, 1.54) is 103 Å². The van der Waals surface area contributed by atoms with Gasteiger partial charge in [0.2, 0.25) is 0 Å². The van der Waals surface area contributed by atoms with E-state index in [0.29, 0.717) is 24.7 Å². The summed E-state index contributed by atoms with van der Waals surface area (Å²) in [6.45, 7) is 5.66. The predicted molar refractivity (Wildman–Crippen MR) is 151 cm³/mol. The van der Waals surface area contributed by atoms with Crippen molar-refractivity contribution in [3.8, 4) is 11.5 Å². The summed E-state index contributed by atoms with van der Waals surface area (Å²) in [5, 5.41) is 0. The zero-order valence-corrected chi connectivity index (χ0v) is 23.8. The zero-order chi connectivity index (χ0) is 26.6. The molecule has 0 aliphatic carbocycles. The van der Waals surface area contributed by atoms with Crippen molar-refractivity contribution in [1.29, 1.82) is 0 Å². The van der Waals surface area contributed by atoms with E-state index in [9.17, 15) is 9.59 Å². The van der Waals surface area contributed by atoms with Crippen LogP contribution >= 0.6 is 0 Å². The molecule has 37 heavy (non-hydrogen) atoms. The standard InChI is InChI=1S/C32H52O5/c1-3-5-7-9-11-13-15-17-19-21-23-35-29-25-27-28(32(34)37-31(27)33)26-30(29)36-24-22-20-18-16-14-12-10-8-6-4-2/h25-26H,3-24H2,1-2H3. The first-order chi connectivity index (χ1) is 18.2. The van der Waals surface area contributed by atoms with Gasteiger partial charge in [-0.15, -0.1) is 0 Å². The van der Waals surface area contributed by atoms with Gasteiger partial charge in [0.1, 0.15) is 0 Å². The van der Waals surface area contributed by atoms with Crippen LogP contribution in [0, 0.1) is 0 Å². The van der Waals surface area contributed by atoms with Gasteiger partial charge in [-0.05, 0) is 25.0 Å². The molecular formula is C32H52O5. The number of rotatable bonds is 24. The molecule has 0 amide bonds. The van der Waals surface area contributed by atoms with Gasteiger partial charge < -0.3 is 14.2 Å². The highest BCUT2D eigenvalue weighted by Crippen LogP contribution is 2.35. The Labute approximate surface area is 226 Å². The van der Waals surface area contributed by atoms with Gasteiger partial charge in [0.25, 0.3) is 0 Å². The minimum Gasteiger partial charge on any atom is -0.490 e. The lowest BCUT2D eigenvalue weighted by Gasteiger charge is -2.14. The van der Waals surface area contributed by atoms with E-state index >= 15 is 0 Å². The molecule has 1 heterocycles. The molecule has 0 aromatic heterocycles. The molecule has 1 aliphatic rings. The molecule has 2 rings (SSSR count). The number of cyclic esters (lactones) is 2. The molecule has 1 aromatic rings. The second-order valence-corrected chi connectivity index (χ2v) is 10.6. The molecule has 0 unspecified atom stereocenters. The minimum absolute atomic E-state index is 0.273. The van der Waals surface area contributed by atoms with Crippen molar-refractivity contribution >= 4 is 11.9 Å². The number of unbranched alkanes of at least 4 members (excludes halogenated alkanes) is 18. The van der Waals surface area contributed by atoms with Crippen molar-refractivity contribution in [3.63, 3.8) is 0 Å². The van der Waals surface area contributed by atoms with Gasteiger partial charge in [-0.25, -0.2) is 9.59 Å². The molecule has 0 spiro atoms. The van der Waals surface area contributed by atoms with Crippen LogP contribution in [-0.2, 0) is 4.74 Å². The third kappa shape index (κ3) is 12.8. The van der Waals surface area contributed by atoms with Crippen molar-refractivity contribution in [3.05, 3.63) is 23.3 Å². The van der Waals surface area contributed by atoms with Crippen molar-refractivity contribution in [2.45, 2.75) is 142 Å². The predicted octanol–water partition coefficient (Wildman–Crippen LogP) is 9.60. The van der Waals surface area contributed by atoms with E-state index in [1.54, 1.807) is 12.1 Å². The lowest BCUT2D eigenvalue weighted by atomic mass is 10.1. The molecule has 210 valence electrons. The smallest absolute Gasteiger partial charge is 0.347 e. The lowest BCUT2D eigenvalue weighted by molar-refractivity contribution is 0.0443. The third-order valence-electron chi connectivity index (χ3n) is 7.22. The molecule has 0 fully saturated rings. The second-order valence-electron chi connectivity index (χ2n) is 10.6. The van der Waals surface area contributed by atoms with Gasteiger partial charge in [0.05, 0.1) is 24.3 Å². The molecule has 5 heteroatoms. The van der Waals surface area contributed by atoms with Gasteiger partial charge in [-0.2, -0.15) is 0 Å². The topological polar surface area (TPSA) is 61.8 Å². The number of hydrogen-bond acceptors (Lipinski definition) is 5. The monoisotopic (exact) mass is 516 g/mol. The highest BCUT2D eigenvalue weighted by atomic mass is 16.6. The summed E-state index contributed by atoms with van der Waals surface area (Å²) in [5.41, 5.74) is 0.545. The first kappa shape index (κ1) is 31.2. The van der Waals surface area contributed by atoms with Crippen LogP contribution in [0.2, 0.25) is 0 Å². The number of fused-ring (bicyclic) bond motifs is 1. The van der Waals surface area contributed by atoms with Crippen LogP contribution < -0.4 is 9.47 Å². The number of esters is 2. The summed E-state index contributed by atoms with van der Waals surface area (Å²) < 4.78 is 16.8. The SMILES string of the molecule is CCCCCCCCCCCCOc1cc2c(cc1OCCCCCCCCCCCC)C(=O)OC2=O. The van der Waals surface area contributed by atoms with E-state index in [4.69, 9.17) is 14.2 Å². The Morgan fingerprint density at radius 1 is 0.486 bits per heavy atom. The maximum Gasteiger partial charge on any atom is 0.347 e. The minimum atomic E-state index is -0.606. The maximum absolute atomic E-state index is 12.0. The number of hydrogen-bond donors (Lipinski definition) is 0. The van der Waals surface area contributed by atoms with E-state index < -0.39 is 11.9 Å². The first-order valence-electron chi connectivity index (χ1n) is 15.4. The average Bonchev–Trinajstić information content (AvgIpc) is 3.17. The van der Waals surface area contributed by atoms with Crippen LogP contribution in [0.5, 0.6) is 11.5 Å². The number of ether oxygens (including phenoxy) is 3. The Kier molecular flexibility index (Phi) is 16.8. The van der Waals surface area contributed by atoms with Crippen LogP contribution in [0.25, 0.3) is 0 Å². The molecule has 0 saturated carbocycles. The highest BCUT2D eigenvalue weighted by molar-refractivity contribution is 6.15. The van der Waals surface area contributed by atoms with E-state index in [-0.39, 0.29) is 11.1 Å². The maximum atomic E-state index is 12.0. The third-order valence-corrected chi connectivity index (χ3v) is 7.22. The van der Waals surface area contributed by atoms with Gasteiger partial charge in [0.15, 0.2) is 11.5 Å². The van der Waals surface area contributed by atoms with Crippen LogP contribution in [0.3, 0.4) is 0 Å². The molecule has 5 nitrogen and oxygen atoms in total. The summed E-state index contributed by atoms with van der Waals surface area (Å²) in [6.07, 6.45) is 25.3. The molecule has 0 N–H and O–H groups in total. The Morgan fingerprint density at radius 3 is 1.11 bits per heavy atom. The van der Waals surface area contributed by atoms with Crippen LogP contribution in [0.1, 0.15) is 163 Å². The van der Waals surface area contributed by atoms with E-state index in [1.807, 2.05) is 0 Å². The summed E-state index contributed by atoms with van der Waals surface area (Å²) >= 11 is 0. The van der Waals surface area contributed by atoms with E-state index in [0.717, 1.165) is 25.7 Å². The summed E-state index contributed by atoms with van der Waals surface area (Å²) in [6, 6.07) is 3.24. The summed E-state index contributed by atoms with van der Waals surface area (Å²) in [7, 11) is 0. The number of carbonyl (C=O) groups excluding carboxylic acids is 2. The number of carbonyl (C=O) groups is 2. The molecule has 0 radical (unpaired) electrons. The molecule has 1 aliphatic heterocycles. The van der Waals surface area contributed by atoms with Gasteiger partial charge in [-0.1, -0.05) is 129 Å². The fourth-order valence-electron chi connectivity index (χ4n) is 4.86. The molecule has 1 aromatic carbocycles. The molecule has 0 bridgehead atoms. The van der Waals surface area contributed by atoms with Gasteiger partial charge in [-0.3, -0.25) is 0 Å². The van der Waals surface area contributed by atoms with Gasteiger partial charge in [0, 0.05) is 0 Å². The highest BCUT2D eigenvalue weighted by Gasteiger charge is 2.32. The van der Waals surface area contributed by atoms with Crippen molar-refractivity contribution < 1.29 is 23.8 Å². The Morgan fingerprint density at radius 2 is 0.784 bits per heavy atom. The van der Waals surface area contributed by atoms with Crippen molar-refractivity contribution in [1.82, 2.24) is 0 Å². The molecular weight excluding hydrogens is 464 g/mol. The molecule has 0 atom stereocenters. The van der Waals surface area contributed by atoms with Crippen molar-refractivity contribution in [2.24, 2.45) is 0 Å².